The van der Waals surface area contributed by atoms with Crippen molar-refractivity contribution in [3.63, 3.8) is 0 Å². The van der Waals surface area contributed by atoms with E-state index in [2.05, 4.69) is 11.8 Å². The van der Waals surface area contributed by atoms with Gasteiger partial charge in [-0.2, -0.15) is 0 Å². The maximum Gasteiger partial charge on any atom is 0.264 e. The van der Waals surface area contributed by atoms with Gasteiger partial charge in [0.2, 0.25) is 0 Å². The number of carbonyl (C=O) groups excluding carboxylic acids is 1. The second-order valence-corrected chi connectivity index (χ2v) is 9.00. The van der Waals surface area contributed by atoms with E-state index >= 15 is 0 Å². The molecule has 0 aromatic carbocycles. The minimum atomic E-state index is -0.0788. The molecule has 1 spiro atoms. The van der Waals surface area contributed by atoms with Gasteiger partial charge in [0.15, 0.2) is 0 Å². The molecule has 3 fully saturated rings. The van der Waals surface area contributed by atoms with E-state index in [0.717, 1.165) is 37.4 Å². The standard InChI is InChI=1S/C19H28N2O2S/c1-15-6-7-17(24-15)18(22)21-12-9-19(14-21)8-4-5-16(23-19)13-20-10-2-3-11-20/h6-7,16H,2-5,8-14H2,1H3/t16-,19+/m0/s1. The van der Waals surface area contributed by atoms with Gasteiger partial charge in [0.25, 0.3) is 5.91 Å². The van der Waals surface area contributed by atoms with E-state index in [-0.39, 0.29) is 11.5 Å². The summed E-state index contributed by atoms with van der Waals surface area (Å²) in [6.07, 6.45) is 7.54. The molecule has 0 aliphatic carbocycles. The van der Waals surface area contributed by atoms with Gasteiger partial charge >= 0.3 is 0 Å². The summed E-state index contributed by atoms with van der Waals surface area (Å²) >= 11 is 1.60. The van der Waals surface area contributed by atoms with Crippen LogP contribution in [0.1, 0.15) is 53.1 Å². The highest BCUT2D eigenvalue weighted by molar-refractivity contribution is 7.13. The number of rotatable bonds is 3. The van der Waals surface area contributed by atoms with E-state index in [1.165, 1.54) is 43.6 Å². The number of nitrogens with zero attached hydrogens (tertiary/aromatic N) is 2. The first-order valence-electron chi connectivity index (χ1n) is 9.39. The van der Waals surface area contributed by atoms with Crippen LogP contribution in [0.5, 0.6) is 0 Å². The largest absolute Gasteiger partial charge is 0.369 e. The van der Waals surface area contributed by atoms with Crippen LogP contribution in [0.15, 0.2) is 12.1 Å². The zero-order chi connectivity index (χ0) is 16.6. The summed E-state index contributed by atoms with van der Waals surface area (Å²) in [5, 5.41) is 0. The first-order chi connectivity index (χ1) is 11.6. The fourth-order valence-corrected chi connectivity index (χ4v) is 5.36. The van der Waals surface area contributed by atoms with Crippen molar-refractivity contribution in [2.75, 3.05) is 32.7 Å². The number of amides is 1. The van der Waals surface area contributed by atoms with Gasteiger partial charge in [-0.1, -0.05) is 0 Å². The number of likely N-dealkylation sites (tertiary alicyclic amines) is 2. The minimum Gasteiger partial charge on any atom is -0.369 e. The highest BCUT2D eigenvalue weighted by Gasteiger charge is 2.44. The Morgan fingerprint density at radius 3 is 2.83 bits per heavy atom. The number of ether oxygens (including phenoxy) is 1. The molecule has 4 rings (SSSR count). The molecule has 1 aromatic rings. The molecule has 0 saturated carbocycles. The second-order valence-electron chi connectivity index (χ2n) is 7.71. The van der Waals surface area contributed by atoms with Crippen LogP contribution in [0.25, 0.3) is 0 Å². The maximum absolute atomic E-state index is 12.7. The molecule has 0 unspecified atom stereocenters. The van der Waals surface area contributed by atoms with E-state index in [4.69, 9.17) is 4.74 Å². The Morgan fingerprint density at radius 1 is 1.25 bits per heavy atom. The van der Waals surface area contributed by atoms with Gasteiger partial charge < -0.3 is 14.5 Å². The molecule has 1 amide bonds. The molecule has 3 saturated heterocycles. The van der Waals surface area contributed by atoms with Crippen molar-refractivity contribution in [2.24, 2.45) is 0 Å². The van der Waals surface area contributed by atoms with Gasteiger partial charge in [-0.3, -0.25) is 4.79 Å². The van der Waals surface area contributed by atoms with Gasteiger partial charge in [0.1, 0.15) is 0 Å². The fourth-order valence-electron chi connectivity index (χ4n) is 4.53. The van der Waals surface area contributed by atoms with Crippen LogP contribution in [-0.2, 0) is 4.74 Å². The molecule has 0 radical (unpaired) electrons. The Balaban J connectivity index is 1.38. The summed E-state index contributed by atoms with van der Waals surface area (Å²) in [4.78, 5) is 19.4. The Kier molecular flexibility index (Phi) is 4.67. The molecule has 4 heterocycles. The van der Waals surface area contributed by atoms with Crippen molar-refractivity contribution in [1.29, 1.82) is 0 Å². The molecule has 3 aliphatic rings. The Labute approximate surface area is 148 Å². The summed E-state index contributed by atoms with van der Waals surface area (Å²) in [6.45, 7) is 7.22. The number of thiophene rings is 1. The number of hydrogen-bond acceptors (Lipinski definition) is 4. The number of hydrogen-bond donors (Lipinski definition) is 0. The Bertz CT molecular complexity index is 596. The normalized spacial score (nSPS) is 31.2. The van der Waals surface area contributed by atoms with Gasteiger partial charge in [-0.05, 0) is 70.7 Å². The lowest BCUT2D eigenvalue weighted by Gasteiger charge is -2.40. The smallest absolute Gasteiger partial charge is 0.264 e. The lowest BCUT2D eigenvalue weighted by atomic mass is 9.90. The molecule has 5 heteroatoms. The Morgan fingerprint density at radius 2 is 2.08 bits per heavy atom. The molecule has 2 atom stereocenters. The van der Waals surface area contributed by atoms with Crippen LogP contribution in [0.4, 0.5) is 0 Å². The van der Waals surface area contributed by atoms with Gasteiger partial charge in [0.05, 0.1) is 23.1 Å². The van der Waals surface area contributed by atoms with Crippen LogP contribution in [-0.4, -0.2) is 60.1 Å². The van der Waals surface area contributed by atoms with E-state index in [9.17, 15) is 4.79 Å². The van der Waals surface area contributed by atoms with Crippen LogP contribution >= 0.6 is 11.3 Å². The van der Waals surface area contributed by atoms with Crippen molar-refractivity contribution in [1.82, 2.24) is 9.80 Å². The average molecular weight is 349 g/mol. The van der Waals surface area contributed by atoms with Crippen LogP contribution in [0, 0.1) is 6.92 Å². The van der Waals surface area contributed by atoms with E-state index < -0.39 is 0 Å². The van der Waals surface area contributed by atoms with Gasteiger partial charge in [-0.25, -0.2) is 0 Å². The summed E-state index contributed by atoms with van der Waals surface area (Å²) in [7, 11) is 0. The van der Waals surface area contributed by atoms with Crippen molar-refractivity contribution in [2.45, 2.75) is 57.2 Å². The Hall–Kier alpha value is -0.910. The molecular weight excluding hydrogens is 320 g/mol. The first kappa shape index (κ1) is 16.6. The third kappa shape index (κ3) is 3.39. The minimum absolute atomic E-state index is 0.0788. The van der Waals surface area contributed by atoms with Gasteiger partial charge in [0, 0.05) is 18.0 Å². The molecule has 3 aliphatic heterocycles. The van der Waals surface area contributed by atoms with E-state index in [1.54, 1.807) is 11.3 Å². The molecule has 4 nitrogen and oxygen atoms in total. The number of carbonyl (C=O) groups is 1. The van der Waals surface area contributed by atoms with E-state index in [0.29, 0.717) is 6.10 Å². The highest BCUT2D eigenvalue weighted by atomic mass is 32.1. The SMILES string of the molecule is Cc1ccc(C(=O)N2CC[C@]3(CCC[C@@H](CN4CCCC4)O3)C2)s1. The molecule has 1 aromatic heterocycles. The summed E-state index contributed by atoms with van der Waals surface area (Å²) in [5.41, 5.74) is -0.0788. The fraction of sp³-hybridized carbons (Fsp3) is 0.737. The van der Waals surface area contributed by atoms with Crippen LogP contribution in [0.3, 0.4) is 0 Å². The maximum atomic E-state index is 12.7. The summed E-state index contributed by atoms with van der Waals surface area (Å²) < 4.78 is 6.59. The first-order valence-corrected chi connectivity index (χ1v) is 10.2. The zero-order valence-corrected chi connectivity index (χ0v) is 15.4. The zero-order valence-electron chi connectivity index (χ0n) is 14.6. The summed E-state index contributed by atoms with van der Waals surface area (Å²) in [5.74, 6) is 0.190. The summed E-state index contributed by atoms with van der Waals surface area (Å²) in [6, 6.07) is 4.00. The highest BCUT2D eigenvalue weighted by Crippen LogP contribution is 2.37. The third-order valence-electron chi connectivity index (χ3n) is 5.79. The molecular formula is C19H28N2O2S. The van der Waals surface area contributed by atoms with Crippen molar-refractivity contribution in [3.05, 3.63) is 21.9 Å². The quantitative estimate of drug-likeness (QED) is 0.840. The molecule has 0 N–H and O–H groups in total. The predicted octanol–water partition coefficient (Wildman–Crippen LogP) is 3.31. The number of aryl methyl sites for hydroxylation is 1. The average Bonchev–Trinajstić information content (AvgIpc) is 3.29. The van der Waals surface area contributed by atoms with Gasteiger partial charge in [-0.15, -0.1) is 11.3 Å². The van der Waals surface area contributed by atoms with Crippen molar-refractivity contribution >= 4 is 17.2 Å². The third-order valence-corrected chi connectivity index (χ3v) is 6.78. The topological polar surface area (TPSA) is 32.8 Å². The van der Waals surface area contributed by atoms with E-state index in [1.807, 2.05) is 17.0 Å². The van der Waals surface area contributed by atoms with Crippen LogP contribution < -0.4 is 0 Å². The second kappa shape index (κ2) is 6.77. The molecule has 132 valence electrons. The lowest BCUT2D eigenvalue weighted by molar-refractivity contribution is -0.126. The lowest BCUT2D eigenvalue weighted by Crippen LogP contribution is -2.47. The van der Waals surface area contributed by atoms with Crippen LogP contribution in [0.2, 0.25) is 0 Å². The molecule has 24 heavy (non-hydrogen) atoms. The van der Waals surface area contributed by atoms with Crippen molar-refractivity contribution in [3.8, 4) is 0 Å². The monoisotopic (exact) mass is 348 g/mol. The van der Waals surface area contributed by atoms with Crippen molar-refractivity contribution < 1.29 is 9.53 Å². The molecule has 0 bridgehead atoms. The predicted molar refractivity (Wildman–Crippen MR) is 96.7 cm³/mol.